The van der Waals surface area contributed by atoms with E-state index in [1.165, 1.54) is 18.2 Å². The second kappa shape index (κ2) is 8.75. The summed E-state index contributed by atoms with van der Waals surface area (Å²) < 4.78 is 27.3. The second-order valence-corrected chi connectivity index (χ2v) is 8.75. The third-order valence-electron chi connectivity index (χ3n) is 3.48. The molecule has 0 aliphatic heterocycles. The van der Waals surface area contributed by atoms with Crippen LogP contribution < -0.4 is 10.0 Å². The normalized spacial score (nSPS) is 11.4. The molecule has 26 heavy (non-hydrogen) atoms. The van der Waals surface area contributed by atoms with Crippen molar-refractivity contribution in [2.24, 2.45) is 5.92 Å². The van der Waals surface area contributed by atoms with Gasteiger partial charge in [-0.15, -0.1) is 0 Å². The summed E-state index contributed by atoms with van der Waals surface area (Å²) in [7, 11) is -3.78. The van der Waals surface area contributed by atoms with Gasteiger partial charge in [-0.25, -0.2) is 8.42 Å². The molecule has 0 fully saturated rings. The van der Waals surface area contributed by atoms with E-state index >= 15 is 0 Å². The van der Waals surface area contributed by atoms with Gasteiger partial charge in [0.15, 0.2) is 0 Å². The Balaban J connectivity index is 2.04. The Hall–Kier alpha value is -1.76. The van der Waals surface area contributed by atoms with Crippen molar-refractivity contribution in [3.8, 4) is 0 Å². The van der Waals surface area contributed by atoms with Gasteiger partial charge < -0.3 is 5.32 Å². The molecule has 0 saturated heterocycles. The molecule has 2 aromatic rings. The quantitative estimate of drug-likeness (QED) is 0.715. The number of carbonyl (C=O) groups excluding carboxylic acids is 1. The highest BCUT2D eigenvalue weighted by molar-refractivity contribution is 7.92. The number of nitrogens with one attached hydrogen (secondary N) is 2. The lowest BCUT2D eigenvalue weighted by atomic mass is 10.1. The molecule has 8 heteroatoms. The summed E-state index contributed by atoms with van der Waals surface area (Å²) in [6.07, 6.45) is 0.243. The summed E-state index contributed by atoms with van der Waals surface area (Å²) in [5.74, 6) is 0.319. The molecule has 5 nitrogen and oxygen atoms in total. The van der Waals surface area contributed by atoms with Crippen LogP contribution in [0.3, 0.4) is 0 Å². The molecule has 0 spiro atoms. The van der Waals surface area contributed by atoms with Gasteiger partial charge in [0.1, 0.15) is 0 Å². The molecular weight excluding hydrogens is 395 g/mol. The van der Waals surface area contributed by atoms with E-state index in [0.29, 0.717) is 18.2 Å². The molecule has 2 N–H and O–H groups in total. The van der Waals surface area contributed by atoms with Crippen molar-refractivity contribution in [1.82, 2.24) is 5.32 Å². The van der Waals surface area contributed by atoms with E-state index in [2.05, 4.69) is 10.0 Å². The molecule has 0 aromatic heterocycles. The minimum atomic E-state index is -3.78. The number of carbonyl (C=O) groups is 1. The van der Waals surface area contributed by atoms with E-state index in [1.807, 2.05) is 13.8 Å². The van der Waals surface area contributed by atoms with Crippen molar-refractivity contribution in [3.63, 3.8) is 0 Å². The van der Waals surface area contributed by atoms with Crippen molar-refractivity contribution < 1.29 is 13.2 Å². The molecule has 0 aliphatic carbocycles. The van der Waals surface area contributed by atoms with Gasteiger partial charge in [0.05, 0.1) is 21.4 Å². The molecule has 0 aliphatic rings. The lowest BCUT2D eigenvalue weighted by Gasteiger charge is -2.10. The number of amides is 1. The van der Waals surface area contributed by atoms with E-state index < -0.39 is 10.0 Å². The van der Waals surface area contributed by atoms with Crippen LogP contribution in [0.2, 0.25) is 10.0 Å². The van der Waals surface area contributed by atoms with Crippen molar-refractivity contribution in [1.29, 1.82) is 0 Å². The predicted octanol–water partition coefficient (Wildman–Crippen LogP) is 4.11. The third-order valence-corrected chi connectivity index (χ3v) is 5.60. The summed E-state index contributed by atoms with van der Waals surface area (Å²) in [5.41, 5.74) is 1.19. The first-order valence-electron chi connectivity index (χ1n) is 8.01. The van der Waals surface area contributed by atoms with Crippen LogP contribution in [0, 0.1) is 5.92 Å². The molecule has 0 bridgehead atoms. The molecule has 140 valence electrons. The Kier molecular flexibility index (Phi) is 6.92. The van der Waals surface area contributed by atoms with Crippen LogP contribution >= 0.6 is 23.2 Å². The Morgan fingerprint density at radius 1 is 1.04 bits per heavy atom. The van der Waals surface area contributed by atoms with E-state index in [4.69, 9.17) is 23.2 Å². The fourth-order valence-corrected chi connectivity index (χ4v) is 3.56. The summed E-state index contributed by atoms with van der Waals surface area (Å²) in [4.78, 5) is 11.8. The number of rotatable bonds is 7. The number of hydrogen-bond donors (Lipinski definition) is 2. The van der Waals surface area contributed by atoms with Gasteiger partial charge in [0.25, 0.3) is 10.0 Å². The zero-order valence-corrected chi connectivity index (χ0v) is 16.8. The van der Waals surface area contributed by atoms with Gasteiger partial charge in [-0.2, -0.15) is 0 Å². The second-order valence-electron chi connectivity index (χ2n) is 6.25. The zero-order chi connectivity index (χ0) is 19.3. The molecule has 0 atom stereocenters. The summed E-state index contributed by atoms with van der Waals surface area (Å²) in [6.45, 7) is 4.67. The average molecular weight is 415 g/mol. The topological polar surface area (TPSA) is 75.3 Å². The monoisotopic (exact) mass is 414 g/mol. The number of benzene rings is 2. The number of anilines is 1. The number of halogens is 2. The summed E-state index contributed by atoms with van der Waals surface area (Å²) >= 11 is 11.7. The van der Waals surface area contributed by atoms with Crippen LogP contribution in [-0.2, 0) is 21.2 Å². The van der Waals surface area contributed by atoms with Gasteiger partial charge in [-0.1, -0.05) is 49.2 Å². The van der Waals surface area contributed by atoms with E-state index in [9.17, 15) is 13.2 Å². The van der Waals surface area contributed by atoms with E-state index in [-0.39, 0.29) is 27.3 Å². The lowest BCUT2D eigenvalue weighted by molar-refractivity contribution is -0.120. The van der Waals surface area contributed by atoms with Crippen LogP contribution in [0.4, 0.5) is 5.69 Å². The first kappa shape index (κ1) is 20.6. The SMILES string of the molecule is CC(C)CNC(=O)Cc1ccc(NS(=O)(=O)c2ccc(Cl)c(Cl)c2)cc1. The van der Waals surface area contributed by atoms with Crippen molar-refractivity contribution in [3.05, 3.63) is 58.1 Å². The number of hydrogen-bond acceptors (Lipinski definition) is 3. The maximum absolute atomic E-state index is 12.4. The molecule has 0 heterocycles. The Morgan fingerprint density at radius 2 is 1.69 bits per heavy atom. The van der Waals surface area contributed by atoms with E-state index in [0.717, 1.165) is 5.56 Å². The van der Waals surface area contributed by atoms with Crippen molar-refractivity contribution >= 4 is 44.8 Å². The van der Waals surface area contributed by atoms with Crippen molar-refractivity contribution in [2.45, 2.75) is 25.2 Å². The zero-order valence-electron chi connectivity index (χ0n) is 14.4. The lowest BCUT2D eigenvalue weighted by Crippen LogP contribution is -2.28. The third kappa shape index (κ3) is 5.90. The summed E-state index contributed by atoms with van der Waals surface area (Å²) in [6, 6.07) is 10.7. The highest BCUT2D eigenvalue weighted by Crippen LogP contribution is 2.26. The molecular formula is C18H20Cl2N2O3S. The van der Waals surface area contributed by atoms with Gasteiger partial charge in [-0.3, -0.25) is 9.52 Å². The van der Waals surface area contributed by atoms with Crippen LogP contribution in [-0.4, -0.2) is 20.9 Å². The Morgan fingerprint density at radius 3 is 2.27 bits per heavy atom. The van der Waals surface area contributed by atoms with Gasteiger partial charge in [-0.05, 0) is 41.8 Å². The first-order valence-corrected chi connectivity index (χ1v) is 10.2. The largest absolute Gasteiger partial charge is 0.356 e. The maximum Gasteiger partial charge on any atom is 0.261 e. The highest BCUT2D eigenvalue weighted by Gasteiger charge is 2.16. The predicted molar refractivity (Wildman–Crippen MR) is 105 cm³/mol. The highest BCUT2D eigenvalue weighted by atomic mass is 35.5. The molecule has 0 radical (unpaired) electrons. The molecule has 2 aromatic carbocycles. The Bertz CT molecular complexity index is 882. The fourth-order valence-electron chi connectivity index (χ4n) is 2.11. The standard InChI is InChI=1S/C18H20Cl2N2O3S/c1-12(2)11-21-18(23)9-13-3-5-14(6-4-13)22-26(24,25)15-7-8-16(19)17(20)10-15/h3-8,10,12,22H,9,11H2,1-2H3,(H,21,23). The molecule has 0 unspecified atom stereocenters. The average Bonchev–Trinajstić information content (AvgIpc) is 2.57. The van der Waals surface area contributed by atoms with Crippen molar-refractivity contribution in [2.75, 3.05) is 11.3 Å². The number of sulfonamides is 1. The maximum atomic E-state index is 12.4. The molecule has 0 saturated carbocycles. The van der Waals surface area contributed by atoms with E-state index in [1.54, 1.807) is 24.3 Å². The van der Waals surface area contributed by atoms with Crippen LogP contribution in [0.5, 0.6) is 0 Å². The fraction of sp³-hybridized carbons (Fsp3) is 0.278. The van der Waals surface area contributed by atoms with Gasteiger partial charge in [0, 0.05) is 12.2 Å². The Labute approximate surface area is 163 Å². The summed E-state index contributed by atoms with van der Waals surface area (Å²) in [5, 5.41) is 3.29. The van der Waals surface area contributed by atoms with Crippen LogP contribution in [0.25, 0.3) is 0 Å². The minimum absolute atomic E-state index is 0.0176. The smallest absolute Gasteiger partial charge is 0.261 e. The van der Waals surface area contributed by atoms with Crippen LogP contribution in [0.15, 0.2) is 47.4 Å². The van der Waals surface area contributed by atoms with Gasteiger partial charge in [0.2, 0.25) is 5.91 Å². The minimum Gasteiger partial charge on any atom is -0.356 e. The van der Waals surface area contributed by atoms with Gasteiger partial charge >= 0.3 is 0 Å². The molecule has 2 rings (SSSR count). The first-order chi connectivity index (χ1) is 12.2. The molecule has 1 amide bonds. The van der Waals surface area contributed by atoms with Crippen LogP contribution in [0.1, 0.15) is 19.4 Å².